The van der Waals surface area contributed by atoms with Crippen LogP contribution in [-0.4, -0.2) is 74.8 Å². The van der Waals surface area contributed by atoms with Crippen LogP contribution in [0.2, 0.25) is 0 Å². The number of rotatable bonds is 6. The fraction of sp³-hybridized carbons (Fsp3) is 0.323. The van der Waals surface area contributed by atoms with Crippen LogP contribution in [0.3, 0.4) is 0 Å². The molecule has 3 atom stereocenters. The number of likely N-dealkylation sites (N-methyl/N-ethyl adjacent to an activating group) is 1. The smallest absolute Gasteiger partial charge is 0.321 e. The normalized spacial score (nSPS) is 18.6. The van der Waals surface area contributed by atoms with Crippen molar-refractivity contribution in [3.05, 3.63) is 83.7 Å². The molecule has 11 heteroatoms. The Morgan fingerprint density at radius 1 is 1.17 bits per heavy atom. The average molecular weight is 596 g/mol. The van der Waals surface area contributed by atoms with Gasteiger partial charge in [-0.15, -0.1) is 0 Å². The monoisotopic (exact) mass is 595 g/mol. The zero-order valence-electron chi connectivity index (χ0n) is 23.9. The second-order valence-electron chi connectivity index (χ2n) is 10.2. The van der Waals surface area contributed by atoms with Crippen LogP contribution >= 0.6 is 0 Å². The molecule has 0 fully saturated rings. The number of benzene rings is 3. The molecule has 0 saturated carbocycles. The summed E-state index contributed by atoms with van der Waals surface area (Å²) in [7, 11) is -0.871. The summed E-state index contributed by atoms with van der Waals surface area (Å²) < 4.78 is 53.5. The first kappa shape index (κ1) is 30.8. The number of amides is 2. The van der Waals surface area contributed by atoms with Crippen molar-refractivity contribution in [2.75, 3.05) is 39.2 Å². The number of anilines is 1. The molecular weight excluding hydrogens is 561 g/mol. The van der Waals surface area contributed by atoms with Crippen LogP contribution in [0.15, 0.2) is 71.6 Å². The molecule has 4 rings (SSSR count). The summed E-state index contributed by atoms with van der Waals surface area (Å²) in [5, 5.41) is 12.7. The van der Waals surface area contributed by atoms with E-state index in [0.717, 1.165) is 0 Å². The molecule has 3 aromatic rings. The van der Waals surface area contributed by atoms with Gasteiger partial charge < -0.3 is 24.8 Å². The first-order valence-electron chi connectivity index (χ1n) is 13.4. The van der Waals surface area contributed by atoms with Crippen molar-refractivity contribution in [1.29, 1.82) is 0 Å². The van der Waals surface area contributed by atoms with E-state index in [1.54, 1.807) is 69.6 Å². The lowest BCUT2D eigenvalue weighted by Gasteiger charge is -2.37. The maximum Gasteiger partial charge on any atom is 0.321 e. The molecule has 9 nitrogen and oxygen atoms in total. The van der Waals surface area contributed by atoms with Crippen LogP contribution in [-0.2, 0) is 10.0 Å². The highest BCUT2D eigenvalue weighted by Gasteiger charge is 2.38. The van der Waals surface area contributed by atoms with E-state index < -0.39 is 22.2 Å². The van der Waals surface area contributed by atoms with Crippen LogP contribution in [0.25, 0.3) is 0 Å². The van der Waals surface area contributed by atoms with Gasteiger partial charge in [-0.1, -0.05) is 24.8 Å². The third-order valence-electron chi connectivity index (χ3n) is 6.98. The zero-order chi connectivity index (χ0) is 30.4. The zero-order valence-corrected chi connectivity index (χ0v) is 24.7. The standard InChI is InChI=1S/C31H34FN3O6S/c1-21-18-35(22(2)20-36)42(38,39)30-15-12-24(9-8-23-10-13-25(32)14-11-23)16-28(30)41-29(21)19-34(3)31(37)33-26-6-5-7-27(17-26)40-4/h5-7,10-17,21-22,29,36H,18-20H2,1-4H3,(H,33,37)/t21-,22+,29-/m1/s1. The molecule has 1 heterocycles. The molecule has 0 aromatic heterocycles. The van der Waals surface area contributed by atoms with Crippen LogP contribution < -0.4 is 14.8 Å². The number of hydrogen-bond donors (Lipinski definition) is 2. The van der Waals surface area contributed by atoms with Crippen molar-refractivity contribution in [3.8, 4) is 23.3 Å². The molecule has 0 unspecified atom stereocenters. The summed E-state index contributed by atoms with van der Waals surface area (Å²) in [5.41, 5.74) is 1.64. The second kappa shape index (κ2) is 13.2. The number of nitrogens with one attached hydrogen (secondary N) is 1. The summed E-state index contributed by atoms with van der Waals surface area (Å²) in [4.78, 5) is 14.5. The van der Waals surface area contributed by atoms with Crippen molar-refractivity contribution >= 4 is 21.7 Å². The summed E-state index contributed by atoms with van der Waals surface area (Å²) in [6.07, 6.45) is -0.603. The van der Waals surface area contributed by atoms with Crippen molar-refractivity contribution in [1.82, 2.24) is 9.21 Å². The Morgan fingerprint density at radius 3 is 2.55 bits per heavy atom. The predicted molar refractivity (Wildman–Crippen MR) is 157 cm³/mol. The summed E-state index contributed by atoms with van der Waals surface area (Å²) in [5.74, 6) is 5.88. The maximum atomic E-state index is 13.7. The van der Waals surface area contributed by atoms with Gasteiger partial charge in [-0.3, -0.25) is 0 Å². The molecule has 0 bridgehead atoms. The highest BCUT2D eigenvalue weighted by Crippen LogP contribution is 2.34. The molecule has 0 aliphatic carbocycles. The Morgan fingerprint density at radius 2 is 1.86 bits per heavy atom. The van der Waals surface area contributed by atoms with Gasteiger partial charge >= 0.3 is 6.03 Å². The van der Waals surface area contributed by atoms with E-state index in [4.69, 9.17) is 9.47 Å². The molecule has 0 spiro atoms. The summed E-state index contributed by atoms with van der Waals surface area (Å²) in [6.45, 7) is 3.33. The minimum Gasteiger partial charge on any atom is -0.497 e. The first-order valence-corrected chi connectivity index (χ1v) is 14.8. The highest BCUT2D eigenvalue weighted by molar-refractivity contribution is 7.89. The van der Waals surface area contributed by atoms with Crippen molar-refractivity contribution in [2.24, 2.45) is 5.92 Å². The minimum absolute atomic E-state index is 0.0597. The number of halogens is 1. The van der Waals surface area contributed by atoms with E-state index in [2.05, 4.69) is 17.2 Å². The number of methoxy groups -OCH3 is 1. The van der Waals surface area contributed by atoms with E-state index in [0.29, 0.717) is 22.6 Å². The molecule has 1 aliphatic heterocycles. The number of aliphatic hydroxyl groups excluding tert-OH is 1. The second-order valence-corrected chi connectivity index (χ2v) is 12.1. The SMILES string of the molecule is COc1cccc(NC(=O)N(C)C[C@H]2Oc3cc(C#Cc4ccc(F)cc4)ccc3S(=O)(=O)N([C@@H](C)CO)C[C@H]2C)c1. The number of hydrogen-bond acceptors (Lipinski definition) is 6. The highest BCUT2D eigenvalue weighted by atomic mass is 32.2. The lowest BCUT2D eigenvalue weighted by atomic mass is 10.0. The molecule has 3 aromatic carbocycles. The molecule has 1 aliphatic rings. The molecular formula is C31H34FN3O6S. The van der Waals surface area contributed by atoms with Gasteiger partial charge in [-0.05, 0) is 61.5 Å². The quantitative estimate of drug-likeness (QED) is 0.415. The van der Waals surface area contributed by atoms with Gasteiger partial charge in [0.25, 0.3) is 0 Å². The molecule has 0 saturated heterocycles. The van der Waals surface area contributed by atoms with Gasteiger partial charge in [0.05, 0.1) is 20.3 Å². The third-order valence-corrected chi connectivity index (χ3v) is 9.00. The van der Waals surface area contributed by atoms with Crippen molar-refractivity contribution < 1.29 is 32.2 Å². The Balaban J connectivity index is 1.65. The number of ether oxygens (including phenoxy) is 2. The molecule has 42 heavy (non-hydrogen) atoms. The van der Waals surface area contributed by atoms with E-state index >= 15 is 0 Å². The number of fused-ring (bicyclic) bond motifs is 1. The minimum atomic E-state index is -4.04. The van der Waals surface area contributed by atoms with E-state index in [1.165, 1.54) is 27.4 Å². The largest absolute Gasteiger partial charge is 0.497 e. The van der Waals surface area contributed by atoms with Gasteiger partial charge in [0.15, 0.2) is 0 Å². The molecule has 0 radical (unpaired) electrons. The first-order chi connectivity index (χ1) is 20.0. The average Bonchev–Trinajstić information content (AvgIpc) is 2.98. The lowest BCUT2D eigenvalue weighted by molar-refractivity contribution is 0.0830. The Kier molecular flexibility index (Phi) is 9.73. The Labute approximate surface area is 245 Å². The fourth-order valence-corrected chi connectivity index (χ4v) is 6.30. The van der Waals surface area contributed by atoms with E-state index in [1.807, 2.05) is 6.92 Å². The molecule has 222 valence electrons. The number of sulfonamides is 1. The van der Waals surface area contributed by atoms with Gasteiger partial charge in [0.1, 0.15) is 28.3 Å². The topological polar surface area (TPSA) is 108 Å². The van der Waals surface area contributed by atoms with Gasteiger partial charge in [-0.25, -0.2) is 17.6 Å². The number of nitrogens with zero attached hydrogens (tertiary/aromatic N) is 2. The predicted octanol–water partition coefficient (Wildman–Crippen LogP) is 4.17. The Bertz CT molecular complexity index is 1590. The van der Waals surface area contributed by atoms with Gasteiger partial charge in [0, 0.05) is 48.4 Å². The number of aliphatic hydroxyl groups is 1. The van der Waals surface area contributed by atoms with Crippen molar-refractivity contribution in [3.63, 3.8) is 0 Å². The maximum absolute atomic E-state index is 13.7. The van der Waals surface area contributed by atoms with Crippen molar-refractivity contribution in [2.45, 2.75) is 30.9 Å². The lowest BCUT2D eigenvalue weighted by Crippen LogP contribution is -2.50. The Hall–Kier alpha value is -4.11. The number of carbonyl (C=O) groups excluding carboxylic acids is 1. The summed E-state index contributed by atoms with van der Waals surface area (Å²) in [6, 6.07) is 16.2. The van der Waals surface area contributed by atoms with Gasteiger partial charge in [0.2, 0.25) is 10.0 Å². The number of urea groups is 1. The molecule has 2 N–H and O–H groups in total. The third kappa shape index (κ3) is 7.20. The van der Waals surface area contributed by atoms with E-state index in [-0.39, 0.29) is 48.1 Å². The van der Waals surface area contributed by atoms with Crippen LogP contribution in [0.5, 0.6) is 11.5 Å². The summed E-state index contributed by atoms with van der Waals surface area (Å²) >= 11 is 0. The fourth-order valence-electron chi connectivity index (χ4n) is 4.47. The molecule has 2 amide bonds. The number of carbonyl (C=O) groups is 1. The van der Waals surface area contributed by atoms with Gasteiger partial charge in [-0.2, -0.15) is 4.31 Å². The van der Waals surface area contributed by atoms with Crippen LogP contribution in [0.4, 0.5) is 14.9 Å². The van der Waals surface area contributed by atoms with Crippen LogP contribution in [0, 0.1) is 23.6 Å². The van der Waals surface area contributed by atoms with Crippen LogP contribution in [0.1, 0.15) is 25.0 Å². The van der Waals surface area contributed by atoms with E-state index in [9.17, 15) is 22.7 Å².